The highest BCUT2D eigenvalue weighted by molar-refractivity contribution is 5.78. The Morgan fingerprint density at radius 2 is 2.00 bits per heavy atom. The number of nitrogens with zero attached hydrogens (tertiary/aromatic N) is 5. The quantitative estimate of drug-likeness (QED) is 0.379. The molecule has 0 bridgehead atoms. The summed E-state index contributed by atoms with van der Waals surface area (Å²) in [6.07, 6.45) is 7.62. The molecule has 4 rings (SSSR count). The first kappa shape index (κ1) is 24.0. The molecular weight excluding hydrogens is 414 g/mol. The van der Waals surface area contributed by atoms with Gasteiger partial charge in [-0.1, -0.05) is 32.0 Å². The predicted molar refractivity (Wildman–Crippen MR) is 131 cm³/mol. The van der Waals surface area contributed by atoms with Gasteiger partial charge in [0.1, 0.15) is 12.2 Å². The molecule has 180 valence electrons. The molecule has 2 fully saturated rings. The highest BCUT2D eigenvalue weighted by Gasteiger charge is 2.51. The molecule has 0 saturated carbocycles. The number of unbranched alkanes of at least 4 members (excludes halogenated alkanes) is 1. The van der Waals surface area contributed by atoms with E-state index in [4.69, 9.17) is 9.96 Å². The second kappa shape index (κ2) is 10.9. The second-order valence-electron chi connectivity index (χ2n) is 10.1. The van der Waals surface area contributed by atoms with E-state index < -0.39 is 0 Å². The van der Waals surface area contributed by atoms with Gasteiger partial charge in [0.15, 0.2) is 11.4 Å². The number of para-hydroxylation sites is 1. The first-order chi connectivity index (χ1) is 16.0. The van der Waals surface area contributed by atoms with Crippen LogP contribution in [0, 0.1) is 5.92 Å². The van der Waals surface area contributed by atoms with E-state index in [0.717, 1.165) is 64.9 Å². The van der Waals surface area contributed by atoms with E-state index in [1.165, 1.54) is 11.4 Å². The Kier molecular flexibility index (Phi) is 7.94. The molecule has 3 aliphatic rings. The number of piperidine rings is 1. The average Bonchev–Trinajstić information content (AvgIpc) is 3.43. The van der Waals surface area contributed by atoms with Gasteiger partial charge in [0.05, 0.1) is 12.6 Å². The van der Waals surface area contributed by atoms with Crippen LogP contribution in [-0.4, -0.2) is 67.7 Å². The van der Waals surface area contributed by atoms with Gasteiger partial charge >= 0.3 is 0 Å². The summed E-state index contributed by atoms with van der Waals surface area (Å²) >= 11 is 0. The molecule has 0 spiro atoms. The Morgan fingerprint density at radius 1 is 1.18 bits per heavy atom. The van der Waals surface area contributed by atoms with Crippen LogP contribution in [0.4, 0.5) is 5.69 Å². The highest BCUT2D eigenvalue weighted by Crippen LogP contribution is 2.42. The number of amides is 1. The maximum Gasteiger partial charge on any atom is 0.222 e. The molecule has 0 N–H and O–H groups in total. The third kappa shape index (κ3) is 5.20. The molecule has 0 aromatic heterocycles. The average molecular weight is 455 g/mol. The van der Waals surface area contributed by atoms with E-state index in [-0.39, 0.29) is 12.1 Å². The van der Waals surface area contributed by atoms with Gasteiger partial charge in [-0.15, -0.1) is 9.71 Å². The summed E-state index contributed by atoms with van der Waals surface area (Å²) in [6.45, 7) is 9.17. The fourth-order valence-electron chi connectivity index (χ4n) is 5.85. The van der Waals surface area contributed by atoms with Gasteiger partial charge in [-0.2, -0.15) is 0 Å². The van der Waals surface area contributed by atoms with Gasteiger partial charge in [-0.25, -0.2) is 0 Å². The maximum atomic E-state index is 12.7. The van der Waals surface area contributed by atoms with Crippen molar-refractivity contribution in [2.75, 3.05) is 39.9 Å². The summed E-state index contributed by atoms with van der Waals surface area (Å²) in [7, 11) is 1.76. The van der Waals surface area contributed by atoms with Crippen molar-refractivity contribution in [1.29, 1.82) is 0 Å². The number of rotatable bonds is 10. The summed E-state index contributed by atoms with van der Waals surface area (Å²) in [4.78, 5) is 17.4. The fraction of sp³-hybridized carbons (Fsp3) is 0.654. The minimum absolute atomic E-state index is 0.221. The molecule has 3 heterocycles. The smallest absolute Gasteiger partial charge is 0.222 e. The molecule has 3 aliphatic heterocycles. The van der Waals surface area contributed by atoms with Crippen LogP contribution in [-0.2, 0) is 9.53 Å². The predicted octanol–water partition coefficient (Wildman–Crippen LogP) is 4.75. The van der Waals surface area contributed by atoms with Crippen molar-refractivity contribution in [3.63, 3.8) is 0 Å². The number of hydrogen-bond donors (Lipinski definition) is 0. The van der Waals surface area contributed by atoms with Crippen molar-refractivity contribution in [3.8, 4) is 0 Å². The molecule has 33 heavy (non-hydrogen) atoms. The number of hydrogen-bond acceptors (Lipinski definition) is 5. The third-order valence-electron chi connectivity index (χ3n) is 7.20. The molecule has 2 saturated heterocycles. The molecule has 3 atom stereocenters. The zero-order chi connectivity index (χ0) is 23.3. The Labute approximate surface area is 198 Å². The lowest BCUT2D eigenvalue weighted by Crippen LogP contribution is -2.63. The van der Waals surface area contributed by atoms with Crippen LogP contribution in [0.3, 0.4) is 0 Å². The molecule has 1 aromatic carbocycles. The van der Waals surface area contributed by atoms with Crippen molar-refractivity contribution in [3.05, 3.63) is 42.2 Å². The highest BCUT2D eigenvalue weighted by atomic mass is 16.5. The SMILES string of the molecule is COCCCCC1=CN=N[N+]1(c1ccccc1)[C@H]1C[C@@H](N2CCCC2=O)CN(CC(C)C)C1. The Morgan fingerprint density at radius 3 is 2.70 bits per heavy atom. The lowest BCUT2D eigenvalue weighted by atomic mass is 9.94. The maximum absolute atomic E-state index is 12.7. The van der Waals surface area contributed by atoms with Gasteiger partial charge in [0.2, 0.25) is 5.91 Å². The summed E-state index contributed by atoms with van der Waals surface area (Å²) in [6, 6.07) is 11.1. The van der Waals surface area contributed by atoms with Crippen LogP contribution in [0.5, 0.6) is 0 Å². The second-order valence-corrected chi connectivity index (χ2v) is 10.1. The molecule has 1 aromatic rings. The van der Waals surface area contributed by atoms with Crippen molar-refractivity contribution in [1.82, 2.24) is 14.4 Å². The summed E-state index contributed by atoms with van der Waals surface area (Å²) < 4.78 is 5.72. The van der Waals surface area contributed by atoms with Crippen molar-refractivity contribution in [2.45, 2.75) is 64.5 Å². The van der Waals surface area contributed by atoms with Crippen LogP contribution in [0.2, 0.25) is 0 Å². The van der Waals surface area contributed by atoms with E-state index in [1.807, 2.05) is 6.20 Å². The van der Waals surface area contributed by atoms with E-state index in [9.17, 15) is 4.79 Å². The normalized spacial score (nSPS) is 28.2. The monoisotopic (exact) mass is 454 g/mol. The zero-order valence-electron chi connectivity index (χ0n) is 20.5. The van der Waals surface area contributed by atoms with Gasteiger partial charge in [0, 0.05) is 70.0 Å². The Hall–Kier alpha value is -2.09. The standard InChI is InChI=1S/C26H40N5O2/c1-21(2)18-29-19-22(30-14-9-13-26(30)32)16-25(20-29)31(23-10-5-4-6-11-23)24(17-27-28-31)12-7-8-15-33-3/h4-6,10-11,17,21-22,25H,7-9,12-16,18-20H2,1-3H3/q+1/t22-,25+,31?/m1/s1. The minimum Gasteiger partial charge on any atom is -0.385 e. The van der Waals surface area contributed by atoms with Crippen LogP contribution in [0.15, 0.2) is 52.6 Å². The molecule has 1 unspecified atom stereocenters. The zero-order valence-corrected chi connectivity index (χ0v) is 20.5. The van der Waals surface area contributed by atoms with Gasteiger partial charge < -0.3 is 9.64 Å². The Bertz CT molecular complexity index is 855. The van der Waals surface area contributed by atoms with E-state index in [1.54, 1.807) is 7.11 Å². The van der Waals surface area contributed by atoms with E-state index in [0.29, 0.717) is 22.8 Å². The van der Waals surface area contributed by atoms with Crippen molar-refractivity contribution < 1.29 is 9.53 Å². The fourth-order valence-corrected chi connectivity index (χ4v) is 5.85. The van der Waals surface area contributed by atoms with Crippen LogP contribution >= 0.6 is 0 Å². The summed E-state index contributed by atoms with van der Waals surface area (Å²) in [5.41, 5.74) is 2.42. The van der Waals surface area contributed by atoms with Gasteiger partial charge in [-0.3, -0.25) is 9.69 Å². The largest absolute Gasteiger partial charge is 0.385 e. The van der Waals surface area contributed by atoms with Crippen LogP contribution in [0.1, 0.15) is 52.4 Å². The van der Waals surface area contributed by atoms with Gasteiger partial charge in [0.25, 0.3) is 0 Å². The van der Waals surface area contributed by atoms with Crippen LogP contribution in [0.25, 0.3) is 0 Å². The number of methoxy groups -OCH3 is 1. The number of allylic oxidation sites excluding steroid dienone is 1. The van der Waals surface area contributed by atoms with E-state index in [2.05, 4.69) is 59.1 Å². The van der Waals surface area contributed by atoms with E-state index >= 15 is 0 Å². The minimum atomic E-state index is 0.221. The van der Waals surface area contributed by atoms with Crippen molar-refractivity contribution >= 4 is 11.6 Å². The first-order valence-corrected chi connectivity index (χ1v) is 12.6. The van der Waals surface area contributed by atoms with Gasteiger partial charge in [-0.05, 0) is 25.2 Å². The third-order valence-corrected chi connectivity index (χ3v) is 7.20. The number of quaternary nitrogens is 1. The number of ether oxygens (including phenoxy) is 1. The Balaban J connectivity index is 1.66. The number of likely N-dealkylation sites (tertiary alicyclic amines) is 2. The molecular formula is C26H40N5O2+. The molecule has 1 amide bonds. The number of carbonyl (C=O) groups is 1. The molecule has 0 aliphatic carbocycles. The first-order valence-electron chi connectivity index (χ1n) is 12.6. The van der Waals surface area contributed by atoms with Crippen LogP contribution < -0.4 is 4.59 Å². The topological polar surface area (TPSA) is 57.5 Å². The summed E-state index contributed by atoms with van der Waals surface area (Å²) in [5.74, 6) is 0.892. The van der Waals surface area contributed by atoms with Crippen molar-refractivity contribution in [2.24, 2.45) is 16.3 Å². The lowest BCUT2D eigenvalue weighted by Gasteiger charge is -2.46. The molecule has 7 heteroatoms. The lowest BCUT2D eigenvalue weighted by molar-refractivity contribution is -0.131. The number of benzene rings is 1. The molecule has 0 radical (unpaired) electrons. The summed E-state index contributed by atoms with van der Waals surface area (Å²) in [5, 5.41) is 9.44. The molecule has 7 nitrogen and oxygen atoms in total. The number of carbonyl (C=O) groups excluding carboxylic acids is 1.